The van der Waals surface area contributed by atoms with Crippen LogP contribution in [0.25, 0.3) is 0 Å². The van der Waals surface area contributed by atoms with Gasteiger partial charge in [0.15, 0.2) is 18.1 Å². The summed E-state index contributed by atoms with van der Waals surface area (Å²) >= 11 is 2.20. The molecule has 0 atom stereocenters. The molecule has 0 radical (unpaired) electrons. The number of nitrogens with zero attached hydrogens (tertiary/aromatic N) is 1. The Hall–Kier alpha value is -3.07. The van der Waals surface area contributed by atoms with Gasteiger partial charge >= 0.3 is 0 Å². The van der Waals surface area contributed by atoms with Gasteiger partial charge in [0.05, 0.1) is 16.9 Å². The second kappa shape index (κ2) is 11.5. The molecule has 166 valence electrons. The number of amides is 1. The van der Waals surface area contributed by atoms with Crippen LogP contribution in [0.2, 0.25) is 0 Å². The van der Waals surface area contributed by atoms with Crippen molar-refractivity contribution in [1.82, 2.24) is 0 Å². The molecule has 0 saturated heterocycles. The van der Waals surface area contributed by atoms with E-state index in [0.29, 0.717) is 23.8 Å². The summed E-state index contributed by atoms with van der Waals surface area (Å²) in [6.07, 6.45) is 1.54. The Morgan fingerprint density at radius 1 is 1.03 bits per heavy atom. The van der Waals surface area contributed by atoms with Crippen molar-refractivity contribution in [2.24, 2.45) is 5.16 Å². The minimum absolute atomic E-state index is 0.184. The number of ether oxygens (including phenoxy) is 2. The SMILES string of the molecule is COc1cc(/C=N/OCC(=O)Nc2ccc(C)cc2)cc(I)c1OCc1ccc(C)cc1. The van der Waals surface area contributed by atoms with Gasteiger partial charge < -0.3 is 19.6 Å². The van der Waals surface area contributed by atoms with E-state index in [4.69, 9.17) is 14.3 Å². The molecular weight excluding hydrogens is 519 g/mol. The largest absolute Gasteiger partial charge is 0.493 e. The Kier molecular flexibility index (Phi) is 8.49. The van der Waals surface area contributed by atoms with Gasteiger partial charge in [0, 0.05) is 11.3 Å². The van der Waals surface area contributed by atoms with Crippen molar-refractivity contribution < 1.29 is 19.1 Å². The molecule has 0 aliphatic heterocycles. The van der Waals surface area contributed by atoms with Gasteiger partial charge in [0.1, 0.15) is 6.61 Å². The molecular formula is C25H25IN2O4. The monoisotopic (exact) mass is 544 g/mol. The van der Waals surface area contributed by atoms with Gasteiger partial charge in [-0.05, 0) is 66.3 Å². The van der Waals surface area contributed by atoms with Gasteiger partial charge in [-0.1, -0.05) is 52.7 Å². The smallest absolute Gasteiger partial charge is 0.265 e. The summed E-state index contributed by atoms with van der Waals surface area (Å²) in [5.74, 6) is 0.991. The summed E-state index contributed by atoms with van der Waals surface area (Å²) in [4.78, 5) is 17.1. The maximum absolute atomic E-state index is 12.0. The zero-order chi connectivity index (χ0) is 22.9. The number of hydrogen-bond donors (Lipinski definition) is 1. The van der Waals surface area contributed by atoms with Crippen LogP contribution in [0.15, 0.2) is 65.8 Å². The fourth-order valence-corrected chi connectivity index (χ4v) is 3.60. The van der Waals surface area contributed by atoms with Crippen molar-refractivity contribution in [1.29, 1.82) is 0 Å². The molecule has 0 aromatic heterocycles. The Morgan fingerprint density at radius 2 is 1.69 bits per heavy atom. The molecule has 0 saturated carbocycles. The van der Waals surface area contributed by atoms with Gasteiger partial charge in [-0.25, -0.2) is 0 Å². The zero-order valence-electron chi connectivity index (χ0n) is 18.2. The third-order valence-electron chi connectivity index (χ3n) is 4.56. The first-order valence-electron chi connectivity index (χ1n) is 10.0. The Morgan fingerprint density at radius 3 is 2.34 bits per heavy atom. The topological polar surface area (TPSA) is 69.2 Å². The quantitative estimate of drug-likeness (QED) is 0.220. The van der Waals surface area contributed by atoms with E-state index in [0.717, 1.165) is 20.3 Å². The molecule has 32 heavy (non-hydrogen) atoms. The fraction of sp³-hybridized carbons (Fsp3) is 0.200. The van der Waals surface area contributed by atoms with Gasteiger partial charge in [-0.2, -0.15) is 0 Å². The molecule has 0 aliphatic rings. The number of aryl methyl sites for hydroxylation is 2. The standard InChI is InChI=1S/C25H25IN2O4/c1-17-4-8-19(9-5-17)15-31-25-22(26)12-20(13-23(25)30-3)14-27-32-16-24(29)28-21-10-6-18(2)7-11-21/h4-14H,15-16H2,1-3H3,(H,28,29)/b27-14+. The molecule has 6 nitrogen and oxygen atoms in total. The summed E-state index contributed by atoms with van der Waals surface area (Å²) in [7, 11) is 1.59. The van der Waals surface area contributed by atoms with Crippen molar-refractivity contribution in [2.45, 2.75) is 20.5 Å². The number of halogens is 1. The maximum Gasteiger partial charge on any atom is 0.265 e. The number of nitrogens with one attached hydrogen (secondary N) is 1. The van der Waals surface area contributed by atoms with Crippen LogP contribution >= 0.6 is 22.6 Å². The van der Waals surface area contributed by atoms with E-state index in [2.05, 4.69) is 52.1 Å². The number of oxime groups is 1. The molecule has 0 spiro atoms. The normalized spacial score (nSPS) is 10.8. The van der Waals surface area contributed by atoms with Crippen molar-refractivity contribution >= 4 is 40.4 Å². The number of anilines is 1. The highest BCUT2D eigenvalue weighted by molar-refractivity contribution is 14.1. The molecule has 0 unspecified atom stereocenters. The second-order valence-corrected chi connectivity index (χ2v) is 8.39. The summed E-state index contributed by atoms with van der Waals surface area (Å²) in [6.45, 7) is 4.30. The van der Waals surface area contributed by atoms with E-state index >= 15 is 0 Å². The van der Waals surface area contributed by atoms with Crippen LogP contribution in [0.5, 0.6) is 11.5 Å². The number of carbonyl (C=O) groups excluding carboxylic acids is 1. The predicted octanol–water partition coefficient (Wildman–Crippen LogP) is 5.48. The van der Waals surface area contributed by atoms with Crippen LogP contribution in [0.3, 0.4) is 0 Å². The lowest BCUT2D eigenvalue weighted by Gasteiger charge is -2.13. The Balaban J connectivity index is 1.56. The first-order chi connectivity index (χ1) is 15.4. The molecule has 3 aromatic carbocycles. The molecule has 1 amide bonds. The van der Waals surface area contributed by atoms with Crippen LogP contribution in [0.1, 0.15) is 22.3 Å². The fourth-order valence-electron chi connectivity index (χ4n) is 2.82. The lowest BCUT2D eigenvalue weighted by molar-refractivity contribution is -0.120. The average molecular weight is 544 g/mol. The van der Waals surface area contributed by atoms with Crippen molar-refractivity contribution in [3.05, 3.63) is 86.5 Å². The zero-order valence-corrected chi connectivity index (χ0v) is 20.4. The van der Waals surface area contributed by atoms with Crippen LogP contribution < -0.4 is 14.8 Å². The van der Waals surface area contributed by atoms with Crippen LogP contribution in [-0.4, -0.2) is 25.8 Å². The molecule has 3 rings (SSSR count). The number of carbonyl (C=O) groups is 1. The maximum atomic E-state index is 12.0. The minimum Gasteiger partial charge on any atom is -0.493 e. The molecule has 1 N–H and O–H groups in total. The lowest BCUT2D eigenvalue weighted by atomic mass is 10.2. The number of rotatable bonds is 9. The summed E-state index contributed by atoms with van der Waals surface area (Å²) in [5, 5.41) is 6.66. The third-order valence-corrected chi connectivity index (χ3v) is 5.36. The highest BCUT2D eigenvalue weighted by Crippen LogP contribution is 2.34. The van der Waals surface area contributed by atoms with Crippen molar-refractivity contribution in [3.63, 3.8) is 0 Å². The van der Waals surface area contributed by atoms with Crippen molar-refractivity contribution in [3.8, 4) is 11.5 Å². The first-order valence-corrected chi connectivity index (χ1v) is 11.1. The van der Waals surface area contributed by atoms with Gasteiger partial charge in [0.25, 0.3) is 5.91 Å². The highest BCUT2D eigenvalue weighted by Gasteiger charge is 2.12. The molecule has 3 aromatic rings. The Bertz CT molecular complexity index is 1080. The van der Waals surface area contributed by atoms with Gasteiger partial charge in [0.2, 0.25) is 0 Å². The lowest BCUT2D eigenvalue weighted by Crippen LogP contribution is -2.16. The average Bonchev–Trinajstić information content (AvgIpc) is 2.78. The second-order valence-electron chi connectivity index (χ2n) is 7.23. The van der Waals surface area contributed by atoms with Gasteiger partial charge in [-0.3, -0.25) is 4.79 Å². The number of methoxy groups -OCH3 is 1. The minimum atomic E-state index is -0.280. The van der Waals surface area contributed by atoms with Crippen LogP contribution in [0.4, 0.5) is 5.69 Å². The van der Waals surface area contributed by atoms with E-state index in [-0.39, 0.29) is 12.5 Å². The molecule has 0 fully saturated rings. The van der Waals surface area contributed by atoms with E-state index in [1.807, 2.05) is 55.5 Å². The molecule has 0 bridgehead atoms. The summed E-state index contributed by atoms with van der Waals surface area (Å²) in [5.41, 5.74) is 4.90. The van der Waals surface area contributed by atoms with Gasteiger partial charge in [-0.15, -0.1) is 0 Å². The first kappa shape index (κ1) is 23.6. The molecule has 7 heteroatoms. The Labute approximate surface area is 201 Å². The summed E-state index contributed by atoms with van der Waals surface area (Å²) < 4.78 is 12.4. The van der Waals surface area contributed by atoms with E-state index < -0.39 is 0 Å². The number of hydrogen-bond acceptors (Lipinski definition) is 5. The molecule has 0 aliphatic carbocycles. The van der Waals surface area contributed by atoms with Crippen LogP contribution in [0, 0.1) is 17.4 Å². The molecule has 0 heterocycles. The van der Waals surface area contributed by atoms with E-state index in [9.17, 15) is 4.79 Å². The highest BCUT2D eigenvalue weighted by atomic mass is 127. The third kappa shape index (κ3) is 6.98. The van der Waals surface area contributed by atoms with E-state index in [1.165, 1.54) is 11.8 Å². The predicted molar refractivity (Wildman–Crippen MR) is 135 cm³/mol. The van der Waals surface area contributed by atoms with Crippen LogP contribution in [-0.2, 0) is 16.2 Å². The van der Waals surface area contributed by atoms with E-state index in [1.54, 1.807) is 7.11 Å². The van der Waals surface area contributed by atoms with Crippen molar-refractivity contribution in [2.75, 3.05) is 19.0 Å². The summed E-state index contributed by atoms with van der Waals surface area (Å²) in [6, 6.07) is 19.5. The number of benzene rings is 3.